The van der Waals surface area contributed by atoms with Crippen LogP contribution in [-0.4, -0.2) is 41.7 Å². The van der Waals surface area contributed by atoms with E-state index in [0.29, 0.717) is 31.2 Å². The lowest BCUT2D eigenvalue weighted by atomic mass is 10.1. The molecular formula is C15H19N3O3S. The number of nitrogens with zero attached hydrogens (tertiary/aromatic N) is 3. The lowest BCUT2D eigenvalue weighted by Crippen LogP contribution is -2.30. The van der Waals surface area contributed by atoms with Gasteiger partial charge in [-0.1, -0.05) is 30.3 Å². The fraction of sp³-hybridized carbons (Fsp3) is 0.467. The molecule has 0 saturated carbocycles. The van der Waals surface area contributed by atoms with Gasteiger partial charge in [0.2, 0.25) is 10.0 Å². The van der Waals surface area contributed by atoms with Gasteiger partial charge in [-0.25, -0.2) is 12.7 Å². The third kappa shape index (κ3) is 3.05. The lowest BCUT2D eigenvalue weighted by molar-refractivity contribution is 0.414. The number of rotatable bonds is 5. The van der Waals surface area contributed by atoms with Crippen LogP contribution >= 0.6 is 0 Å². The number of benzene rings is 1. The molecule has 2 aromatic rings. The predicted molar refractivity (Wildman–Crippen MR) is 82.7 cm³/mol. The van der Waals surface area contributed by atoms with E-state index >= 15 is 0 Å². The molecule has 0 aliphatic carbocycles. The van der Waals surface area contributed by atoms with E-state index in [1.807, 2.05) is 37.3 Å². The molecule has 1 aliphatic rings. The van der Waals surface area contributed by atoms with Crippen molar-refractivity contribution in [2.75, 3.05) is 18.8 Å². The molecule has 0 radical (unpaired) electrons. The SMILES string of the molecule is CCCS(=O)(=O)N1CCC(c2noc(-c3ccccc3)n2)C1. The van der Waals surface area contributed by atoms with Crippen LogP contribution in [0.25, 0.3) is 11.5 Å². The van der Waals surface area contributed by atoms with Crippen LogP contribution in [0.2, 0.25) is 0 Å². The standard InChI is InChI=1S/C15H19N3O3S/c1-2-10-22(19,20)18-9-8-13(11-18)14-16-15(21-17-14)12-6-4-3-5-7-12/h3-7,13H,2,8-11H2,1H3. The van der Waals surface area contributed by atoms with Crippen molar-refractivity contribution < 1.29 is 12.9 Å². The van der Waals surface area contributed by atoms with E-state index in [1.165, 1.54) is 0 Å². The highest BCUT2D eigenvalue weighted by atomic mass is 32.2. The number of hydrogen-bond donors (Lipinski definition) is 0. The summed E-state index contributed by atoms with van der Waals surface area (Å²) < 4.78 is 31.0. The van der Waals surface area contributed by atoms with Crippen molar-refractivity contribution in [3.63, 3.8) is 0 Å². The Morgan fingerprint density at radius 2 is 2.09 bits per heavy atom. The third-order valence-corrected chi connectivity index (χ3v) is 5.88. The smallest absolute Gasteiger partial charge is 0.257 e. The fourth-order valence-electron chi connectivity index (χ4n) is 2.68. The summed E-state index contributed by atoms with van der Waals surface area (Å²) in [6.45, 7) is 2.84. The van der Waals surface area contributed by atoms with Gasteiger partial charge < -0.3 is 4.52 Å². The summed E-state index contributed by atoms with van der Waals surface area (Å²) in [5, 5.41) is 4.03. The Hall–Kier alpha value is -1.73. The molecule has 0 N–H and O–H groups in total. The Labute approximate surface area is 130 Å². The van der Waals surface area contributed by atoms with Crippen LogP contribution < -0.4 is 0 Å². The number of sulfonamides is 1. The Morgan fingerprint density at radius 1 is 1.32 bits per heavy atom. The maximum atomic E-state index is 12.1. The van der Waals surface area contributed by atoms with Crippen molar-refractivity contribution in [1.29, 1.82) is 0 Å². The molecular weight excluding hydrogens is 302 g/mol. The van der Waals surface area contributed by atoms with E-state index in [9.17, 15) is 8.42 Å². The van der Waals surface area contributed by atoms with Crippen molar-refractivity contribution in [3.8, 4) is 11.5 Å². The van der Waals surface area contributed by atoms with Gasteiger partial charge in [0.1, 0.15) is 0 Å². The third-order valence-electron chi connectivity index (χ3n) is 3.83. The Bertz CT molecular complexity index is 728. The number of hydrogen-bond acceptors (Lipinski definition) is 5. The Kier molecular flexibility index (Phi) is 4.26. The normalized spacial score (nSPS) is 19.6. The van der Waals surface area contributed by atoms with Crippen LogP contribution in [0.4, 0.5) is 0 Å². The largest absolute Gasteiger partial charge is 0.334 e. The van der Waals surface area contributed by atoms with Gasteiger partial charge in [-0.3, -0.25) is 0 Å². The van der Waals surface area contributed by atoms with Crippen LogP contribution in [0.15, 0.2) is 34.9 Å². The van der Waals surface area contributed by atoms with Crippen molar-refractivity contribution in [3.05, 3.63) is 36.2 Å². The van der Waals surface area contributed by atoms with Gasteiger partial charge in [0.05, 0.1) is 5.75 Å². The molecule has 1 aromatic heterocycles. The van der Waals surface area contributed by atoms with Gasteiger partial charge in [-0.2, -0.15) is 4.98 Å². The van der Waals surface area contributed by atoms with Gasteiger partial charge in [0.25, 0.3) is 5.89 Å². The van der Waals surface area contributed by atoms with E-state index in [-0.39, 0.29) is 11.7 Å². The molecule has 0 spiro atoms. The molecule has 118 valence electrons. The predicted octanol–water partition coefficient (Wildman–Crippen LogP) is 2.27. The van der Waals surface area contributed by atoms with Gasteiger partial charge in [0, 0.05) is 24.6 Å². The summed E-state index contributed by atoms with van der Waals surface area (Å²) in [6, 6.07) is 9.56. The highest BCUT2D eigenvalue weighted by molar-refractivity contribution is 7.89. The first-order chi connectivity index (χ1) is 10.6. The maximum Gasteiger partial charge on any atom is 0.257 e. The molecule has 0 amide bonds. The molecule has 3 rings (SSSR count). The molecule has 1 aromatic carbocycles. The molecule has 6 nitrogen and oxygen atoms in total. The Morgan fingerprint density at radius 3 is 2.82 bits per heavy atom. The van der Waals surface area contributed by atoms with Crippen molar-refractivity contribution in [2.24, 2.45) is 0 Å². The molecule has 1 fully saturated rings. The van der Waals surface area contributed by atoms with E-state index < -0.39 is 10.0 Å². The first-order valence-corrected chi connectivity index (χ1v) is 9.08. The average molecular weight is 321 g/mol. The summed E-state index contributed by atoms with van der Waals surface area (Å²) in [6.07, 6.45) is 1.36. The van der Waals surface area contributed by atoms with Gasteiger partial charge in [-0.15, -0.1) is 0 Å². The van der Waals surface area contributed by atoms with E-state index in [0.717, 1.165) is 12.0 Å². The molecule has 7 heteroatoms. The summed E-state index contributed by atoms with van der Waals surface area (Å²) in [7, 11) is -3.15. The van der Waals surface area contributed by atoms with Crippen molar-refractivity contribution >= 4 is 10.0 Å². The van der Waals surface area contributed by atoms with Crippen LogP contribution in [0.3, 0.4) is 0 Å². The van der Waals surface area contributed by atoms with E-state index in [2.05, 4.69) is 10.1 Å². The average Bonchev–Trinajstić information content (AvgIpc) is 3.17. The summed E-state index contributed by atoms with van der Waals surface area (Å²) in [5.74, 6) is 1.27. The molecule has 0 bridgehead atoms. The minimum absolute atomic E-state index is 0.00726. The van der Waals surface area contributed by atoms with E-state index in [1.54, 1.807) is 4.31 Å². The molecule has 1 atom stereocenters. The summed E-state index contributed by atoms with van der Waals surface area (Å²) in [4.78, 5) is 4.43. The monoisotopic (exact) mass is 321 g/mol. The van der Waals surface area contributed by atoms with Crippen LogP contribution in [0, 0.1) is 0 Å². The second kappa shape index (κ2) is 6.18. The zero-order chi connectivity index (χ0) is 15.6. The fourth-order valence-corrected chi connectivity index (χ4v) is 4.24. The highest BCUT2D eigenvalue weighted by Gasteiger charge is 2.34. The molecule has 1 aliphatic heterocycles. The maximum absolute atomic E-state index is 12.1. The van der Waals surface area contributed by atoms with Gasteiger partial charge >= 0.3 is 0 Å². The summed E-state index contributed by atoms with van der Waals surface area (Å²) >= 11 is 0. The quantitative estimate of drug-likeness (QED) is 0.844. The first-order valence-electron chi connectivity index (χ1n) is 7.47. The first kappa shape index (κ1) is 15.2. The Balaban J connectivity index is 1.73. The molecule has 1 saturated heterocycles. The number of aromatic nitrogens is 2. The van der Waals surface area contributed by atoms with Crippen molar-refractivity contribution in [2.45, 2.75) is 25.7 Å². The highest BCUT2D eigenvalue weighted by Crippen LogP contribution is 2.29. The van der Waals surface area contributed by atoms with Gasteiger partial charge in [-0.05, 0) is 25.0 Å². The molecule has 22 heavy (non-hydrogen) atoms. The van der Waals surface area contributed by atoms with Crippen molar-refractivity contribution in [1.82, 2.24) is 14.4 Å². The van der Waals surface area contributed by atoms with Gasteiger partial charge in [0.15, 0.2) is 5.82 Å². The zero-order valence-electron chi connectivity index (χ0n) is 12.5. The van der Waals surface area contributed by atoms with Crippen LogP contribution in [-0.2, 0) is 10.0 Å². The second-order valence-electron chi connectivity index (χ2n) is 5.48. The van der Waals surface area contributed by atoms with Crippen LogP contribution in [0.5, 0.6) is 0 Å². The van der Waals surface area contributed by atoms with Crippen LogP contribution in [0.1, 0.15) is 31.5 Å². The van der Waals surface area contributed by atoms with E-state index in [4.69, 9.17) is 4.52 Å². The summed E-state index contributed by atoms with van der Waals surface area (Å²) in [5.41, 5.74) is 0.870. The minimum atomic E-state index is -3.15. The second-order valence-corrected chi connectivity index (χ2v) is 7.57. The topological polar surface area (TPSA) is 76.3 Å². The lowest BCUT2D eigenvalue weighted by Gasteiger charge is -2.14. The minimum Gasteiger partial charge on any atom is -0.334 e. The zero-order valence-corrected chi connectivity index (χ0v) is 13.3. The molecule has 1 unspecified atom stereocenters. The molecule has 2 heterocycles.